The van der Waals surface area contributed by atoms with Crippen molar-refractivity contribution >= 4 is 26.3 Å². The highest BCUT2D eigenvalue weighted by atomic mass is 28.4. The van der Waals surface area contributed by atoms with Crippen LogP contribution in [0.3, 0.4) is 0 Å². The fraction of sp³-hybridized carbons (Fsp3) is 0.625. The standard InChI is InChI=1S/C24H40N2O6Si/c1-17(2)20(26-23(29)31-16-18-12-10-9-11-13-18)21(27)25-19(22(28)30-6)14-15-32-33(7,8)24(3,4)5/h9-13,17,19-20H,14-16H2,1-8H3,(H,25,27)(H,26,29)/t19-,20-/m0/s1. The maximum Gasteiger partial charge on any atom is 0.408 e. The fourth-order valence-corrected chi connectivity index (χ4v) is 3.79. The summed E-state index contributed by atoms with van der Waals surface area (Å²) in [5.41, 5.74) is 0.839. The van der Waals surface area contributed by atoms with Gasteiger partial charge in [-0.15, -0.1) is 0 Å². The highest BCUT2D eigenvalue weighted by Crippen LogP contribution is 2.36. The first-order chi connectivity index (χ1) is 15.3. The number of esters is 1. The number of methoxy groups -OCH3 is 1. The first-order valence-electron chi connectivity index (χ1n) is 11.3. The second-order valence-corrected chi connectivity index (χ2v) is 14.7. The van der Waals surface area contributed by atoms with Crippen LogP contribution in [0.5, 0.6) is 0 Å². The molecule has 0 fully saturated rings. The van der Waals surface area contributed by atoms with Gasteiger partial charge in [-0.05, 0) is 29.6 Å². The van der Waals surface area contributed by atoms with Crippen molar-refractivity contribution in [3.63, 3.8) is 0 Å². The number of carbonyl (C=O) groups excluding carboxylic acids is 3. The number of rotatable bonds is 11. The minimum Gasteiger partial charge on any atom is -0.467 e. The SMILES string of the molecule is COC(=O)[C@H](CCO[Si](C)(C)C(C)(C)C)NC(=O)[C@@H](NC(=O)OCc1ccccc1)C(C)C. The van der Waals surface area contributed by atoms with Crippen molar-refractivity contribution in [2.24, 2.45) is 5.92 Å². The van der Waals surface area contributed by atoms with Crippen LogP contribution in [0, 0.1) is 5.92 Å². The third kappa shape index (κ3) is 9.55. The second kappa shape index (κ2) is 12.7. The molecule has 0 unspecified atom stereocenters. The molecule has 33 heavy (non-hydrogen) atoms. The Morgan fingerprint density at radius 3 is 2.15 bits per heavy atom. The highest BCUT2D eigenvalue weighted by molar-refractivity contribution is 6.74. The van der Waals surface area contributed by atoms with E-state index in [0.717, 1.165) is 5.56 Å². The molecule has 0 bridgehead atoms. The average Bonchev–Trinajstić information content (AvgIpc) is 2.74. The van der Waals surface area contributed by atoms with Crippen molar-refractivity contribution in [2.45, 2.75) is 77.9 Å². The summed E-state index contributed by atoms with van der Waals surface area (Å²) < 4.78 is 16.2. The van der Waals surface area contributed by atoms with E-state index in [1.807, 2.05) is 30.3 Å². The number of amides is 2. The molecule has 0 heterocycles. The molecule has 2 amide bonds. The van der Waals surface area contributed by atoms with E-state index >= 15 is 0 Å². The van der Waals surface area contributed by atoms with Crippen molar-refractivity contribution in [2.75, 3.05) is 13.7 Å². The molecule has 1 aromatic rings. The van der Waals surface area contributed by atoms with E-state index in [9.17, 15) is 14.4 Å². The largest absolute Gasteiger partial charge is 0.467 e. The molecule has 186 valence electrons. The van der Waals surface area contributed by atoms with Gasteiger partial charge in [-0.1, -0.05) is 65.0 Å². The third-order valence-electron chi connectivity index (χ3n) is 5.91. The van der Waals surface area contributed by atoms with Gasteiger partial charge >= 0.3 is 12.1 Å². The van der Waals surface area contributed by atoms with Gasteiger partial charge in [0.1, 0.15) is 18.7 Å². The fourth-order valence-electron chi connectivity index (χ4n) is 2.73. The van der Waals surface area contributed by atoms with Crippen LogP contribution in [0.4, 0.5) is 4.79 Å². The molecule has 0 saturated heterocycles. The Morgan fingerprint density at radius 1 is 1.03 bits per heavy atom. The lowest BCUT2D eigenvalue weighted by molar-refractivity contribution is -0.145. The quantitative estimate of drug-likeness (QED) is 0.366. The first-order valence-corrected chi connectivity index (χ1v) is 14.2. The Labute approximate surface area is 198 Å². The molecular formula is C24H40N2O6Si. The van der Waals surface area contributed by atoms with Crippen molar-refractivity contribution in [3.8, 4) is 0 Å². The molecule has 0 saturated carbocycles. The summed E-state index contributed by atoms with van der Waals surface area (Å²) in [6.45, 7) is 14.7. The molecule has 1 rings (SSSR count). The molecule has 9 heteroatoms. The van der Waals surface area contributed by atoms with E-state index in [2.05, 4.69) is 44.5 Å². The molecular weight excluding hydrogens is 440 g/mol. The van der Waals surface area contributed by atoms with Gasteiger partial charge in [0.05, 0.1) is 7.11 Å². The summed E-state index contributed by atoms with van der Waals surface area (Å²) in [5.74, 6) is -1.27. The summed E-state index contributed by atoms with van der Waals surface area (Å²) in [7, 11) is -0.721. The highest BCUT2D eigenvalue weighted by Gasteiger charge is 2.37. The normalized spacial score (nSPS) is 13.7. The van der Waals surface area contributed by atoms with Crippen molar-refractivity contribution in [3.05, 3.63) is 35.9 Å². The first kappa shape index (κ1) is 28.6. The zero-order chi connectivity index (χ0) is 25.2. The Bertz CT molecular complexity index is 777. The van der Waals surface area contributed by atoms with Gasteiger partial charge in [-0.25, -0.2) is 9.59 Å². The Kier molecular flexibility index (Phi) is 11.1. The predicted molar refractivity (Wildman–Crippen MR) is 130 cm³/mol. The van der Waals surface area contributed by atoms with Gasteiger partial charge in [-0.3, -0.25) is 4.79 Å². The molecule has 0 radical (unpaired) electrons. The molecule has 0 aliphatic rings. The van der Waals surface area contributed by atoms with Crippen LogP contribution in [-0.4, -0.2) is 52.1 Å². The van der Waals surface area contributed by atoms with E-state index in [1.165, 1.54) is 7.11 Å². The molecule has 8 nitrogen and oxygen atoms in total. The van der Waals surface area contributed by atoms with Crippen LogP contribution in [0.2, 0.25) is 18.1 Å². The zero-order valence-electron chi connectivity index (χ0n) is 21.2. The third-order valence-corrected chi connectivity index (χ3v) is 10.5. The Hall–Kier alpha value is -2.39. The van der Waals surface area contributed by atoms with Gasteiger partial charge in [0.15, 0.2) is 8.32 Å². The van der Waals surface area contributed by atoms with Crippen molar-refractivity contribution in [1.82, 2.24) is 10.6 Å². The van der Waals surface area contributed by atoms with Crippen LogP contribution in [0.1, 0.15) is 46.6 Å². The van der Waals surface area contributed by atoms with E-state index in [-0.39, 0.29) is 24.0 Å². The molecule has 0 spiro atoms. The van der Waals surface area contributed by atoms with E-state index in [0.29, 0.717) is 6.61 Å². The van der Waals surface area contributed by atoms with E-state index in [1.54, 1.807) is 13.8 Å². The minimum absolute atomic E-state index is 0.0315. The molecule has 0 aromatic heterocycles. The monoisotopic (exact) mass is 480 g/mol. The molecule has 1 aromatic carbocycles. The van der Waals surface area contributed by atoms with Gasteiger partial charge in [0.25, 0.3) is 0 Å². The maximum absolute atomic E-state index is 12.9. The Morgan fingerprint density at radius 2 is 1.64 bits per heavy atom. The maximum atomic E-state index is 12.9. The summed E-state index contributed by atoms with van der Waals surface area (Å²) in [5, 5.41) is 5.34. The number of hydrogen-bond acceptors (Lipinski definition) is 6. The summed E-state index contributed by atoms with van der Waals surface area (Å²) in [4.78, 5) is 37.5. The van der Waals surface area contributed by atoms with Gasteiger partial charge in [0.2, 0.25) is 5.91 Å². The topological polar surface area (TPSA) is 103 Å². The lowest BCUT2D eigenvalue weighted by atomic mass is 10.0. The van der Waals surface area contributed by atoms with Crippen LogP contribution in [0.25, 0.3) is 0 Å². The molecule has 2 N–H and O–H groups in total. The predicted octanol–water partition coefficient (Wildman–Crippen LogP) is 4.01. The number of ether oxygens (including phenoxy) is 2. The number of nitrogens with one attached hydrogen (secondary N) is 2. The van der Waals surface area contributed by atoms with Crippen LogP contribution in [0.15, 0.2) is 30.3 Å². The lowest BCUT2D eigenvalue weighted by Gasteiger charge is -2.36. The lowest BCUT2D eigenvalue weighted by Crippen LogP contribution is -2.54. The van der Waals surface area contributed by atoms with Crippen LogP contribution in [-0.2, 0) is 30.1 Å². The summed E-state index contributed by atoms with van der Waals surface area (Å²) >= 11 is 0. The molecule has 0 aliphatic heterocycles. The number of carbonyl (C=O) groups is 3. The number of alkyl carbamates (subject to hydrolysis) is 1. The Balaban J connectivity index is 2.72. The van der Waals surface area contributed by atoms with E-state index in [4.69, 9.17) is 13.9 Å². The summed E-state index contributed by atoms with van der Waals surface area (Å²) in [6, 6.07) is 7.50. The minimum atomic E-state index is -1.99. The van der Waals surface area contributed by atoms with Gasteiger partial charge < -0.3 is 24.5 Å². The zero-order valence-corrected chi connectivity index (χ0v) is 22.2. The van der Waals surface area contributed by atoms with Crippen molar-refractivity contribution < 1.29 is 28.3 Å². The summed E-state index contributed by atoms with van der Waals surface area (Å²) in [6.07, 6.45) is -0.433. The second-order valence-electron chi connectivity index (χ2n) is 9.91. The van der Waals surface area contributed by atoms with Gasteiger partial charge in [-0.2, -0.15) is 0 Å². The molecule has 2 atom stereocenters. The number of hydrogen-bond donors (Lipinski definition) is 2. The van der Waals surface area contributed by atoms with Crippen molar-refractivity contribution in [1.29, 1.82) is 0 Å². The van der Waals surface area contributed by atoms with E-state index < -0.39 is 38.4 Å². The van der Waals surface area contributed by atoms with Crippen LogP contribution < -0.4 is 10.6 Å². The molecule has 0 aliphatic carbocycles. The van der Waals surface area contributed by atoms with Crippen LogP contribution >= 0.6 is 0 Å². The number of benzene rings is 1. The average molecular weight is 481 g/mol. The van der Waals surface area contributed by atoms with Gasteiger partial charge in [0, 0.05) is 13.0 Å². The smallest absolute Gasteiger partial charge is 0.408 e.